The number of ether oxygens (including phenoxy) is 1. The van der Waals surface area contributed by atoms with Gasteiger partial charge in [0.25, 0.3) is 0 Å². The van der Waals surface area contributed by atoms with Gasteiger partial charge in [-0.3, -0.25) is 9.59 Å². The molecule has 1 fully saturated rings. The van der Waals surface area contributed by atoms with Crippen molar-refractivity contribution in [3.63, 3.8) is 0 Å². The number of amides is 1. The van der Waals surface area contributed by atoms with E-state index in [0.717, 1.165) is 32.4 Å². The molecule has 5 rings (SSSR count). The Kier molecular flexibility index (Phi) is 6.40. The fraction of sp³-hybridized carbons (Fsp3) is 0.458. The van der Waals surface area contributed by atoms with Crippen molar-refractivity contribution in [2.45, 2.75) is 51.3 Å². The molecule has 0 saturated heterocycles. The van der Waals surface area contributed by atoms with Crippen LogP contribution < -0.4 is 0 Å². The third-order valence-corrected chi connectivity index (χ3v) is 7.99. The Balaban J connectivity index is 1.29. The molecule has 33 heavy (non-hydrogen) atoms. The molecule has 1 aliphatic heterocycles. The van der Waals surface area contributed by atoms with Crippen molar-refractivity contribution in [2.75, 3.05) is 13.2 Å². The van der Waals surface area contributed by atoms with Crippen molar-refractivity contribution >= 4 is 45.8 Å². The first-order valence-corrected chi connectivity index (χ1v) is 12.5. The molecule has 1 aliphatic carbocycles. The van der Waals surface area contributed by atoms with E-state index in [1.165, 1.54) is 5.56 Å². The minimum absolute atomic E-state index is 0.0232. The summed E-state index contributed by atoms with van der Waals surface area (Å²) in [5.74, 6) is -1.04. The maximum Gasteiger partial charge on any atom is 0.306 e. The van der Waals surface area contributed by atoms with E-state index >= 15 is 0 Å². The molecule has 0 unspecified atom stereocenters. The normalized spacial score (nSPS) is 20.7. The van der Waals surface area contributed by atoms with Crippen molar-refractivity contribution in [1.29, 1.82) is 0 Å². The summed E-state index contributed by atoms with van der Waals surface area (Å²) in [6.07, 6.45) is 5.16. The second-order valence-corrected chi connectivity index (χ2v) is 10.6. The predicted octanol–water partition coefficient (Wildman–Crippen LogP) is 4.34. The third kappa shape index (κ3) is 4.65. The second kappa shape index (κ2) is 9.44. The Bertz CT molecular complexity index is 1180. The number of hydrogen-bond donors (Lipinski definition) is 1. The highest BCUT2D eigenvalue weighted by molar-refractivity contribution is 7.16. The molecule has 0 aromatic carbocycles. The number of rotatable bonds is 6. The van der Waals surface area contributed by atoms with Gasteiger partial charge in [0.2, 0.25) is 5.91 Å². The SMILES string of the molecule is O=C(O)C1CCC(OCC(=O)N2CCc3c(n(Cc4ccc(Cl)s4)c4ncccc34)C2)CC1. The lowest BCUT2D eigenvalue weighted by atomic mass is 9.87. The molecule has 0 spiro atoms. The van der Waals surface area contributed by atoms with Crippen molar-refractivity contribution in [3.05, 3.63) is 50.9 Å². The average Bonchev–Trinajstić information content (AvgIpc) is 3.38. The van der Waals surface area contributed by atoms with Gasteiger partial charge in [-0.1, -0.05) is 11.6 Å². The zero-order valence-corrected chi connectivity index (χ0v) is 19.8. The zero-order valence-electron chi connectivity index (χ0n) is 18.2. The Morgan fingerprint density at radius 3 is 2.76 bits per heavy atom. The number of fused-ring (bicyclic) bond motifs is 3. The highest BCUT2D eigenvalue weighted by atomic mass is 35.5. The van der Waals surface area contributed by atoms with Crippen LogP contribution in [-0.2, 0) is 33.8 Å². The number of nitrogens with zero attached hydrogens (tertiary/aromatic N) is 3. The number of thiophene rings is 1. The van der Waals surface area contributed by atoms with Gasteiger partial charge in [-0.05, 0) is 61.9 Å². The zero-order chi connectivity index (χ0) is 22.9. The number of carboxylic acid groups (broad SMARTS) is 1. The van der Waals surface area contributed by atoms with Crippen LogP contribution in [0.1, 0.15) is 41.8 Å². The number of pyridine rings is 1. The molecule has 0 bridgehead atoms. The molecule has 2 aliphatic rings. The summed E-state index contributed by atoms with van der Waals surface area (Å²) in [5.41, 5.74) is 3.32. The van der Waals surface area contributed by atoms with E-state index in [2.05, 4.69) is 15.6 Å². The van der Waals surface area contributed by atoms with Gasteiger partial charge in [0.1, 0.15) is 12.3 Å². The summed E-state index contributed by atoms with van der Waals surface area (Å²) in [6.45, 7) is 1.89. The van der Waals surface area contributed by atoms with Crippen LogP contribution in [0, 0.1) is 5.92 Å². The molecule has 3 aromatic rings. The van der Waals surface area contributed by atoms with Crippen LogP contribution in [0.5, 0.6) is 0 Å². The van der Waals surface area contributed by atoms with Crippen LogP contribution in [0.3, 0.4) is 0 Å². The summed E-state index contributed by atoms with van der Waals surface area (Å²) < 4.78 is 8.85. The Hall–Kier alpha value is -2.42. The van der Waals surface area contributed by atoms with Gasteiger partial charge in [-0.15, -0.1) is 11.3 Å². The van der Waals surface area contributed by atoms with Crippen molar-refractivity contribution in [1.82, 2.24) is 14.5 Å². The summed E-state index contributed by atoms with van der Waals surface area (Å²) >= 11 is 7.70. The molecule has 1 saturated carbocycles. The fourth-order valence-electron chi connectivity index (χ4n) is 4.99. The molecule has 1 amide bonds. The molecule has 1 N–H and O–H groups in total. The number of aliphatic carboxylic acids is 1. The molecular formula is C24H26ClN3O4S. The molecule has 4 heterocycles. The number of halogens is 1. The van der Waals surface area contributed by atoms with Gasteiger partial charge in [0.05, 0.1) is 29.4 Å². The van der Waals surface area contributed by atoms with Gasteiger partial charge >= 0.3 is 5.97 Å². The van der Waals surface area contributed by atoms with E-state index < -0.39 is 5.97 Å². The quantitative estimate of drug-likeness (QED) is 0.559. The second-order valence-electron chi connectivity index (χ2n) is 8.78. The lowest BCUT2D eigenvalue weighted by Crippen LogP contribution is -2.40. The van der Waals surface area contributed by atoms with E-state index in [1.54, 1.807) is 11.3 Å². The van der Waals surface area contributed by atoms with Crippen molar-refractivity contribution < 1.29 is 19.4 Å². The van der Waals surface area contributed by atoms with Crippen molar-refractivity contribution in [3.8, 4) is 0 Å². The Morgan fingerprint density at radius 2 is 2.03 bits per heavy atom. The van der Waals surface area contributed by atoms with Crippen molar-refractivity contribution in [2.24, 2.45) is 5.92 Å². The van der Waals surface area contributed by atoms with Crippen LogP contribution >= 0.6 is 22.9 Å². The van der Waals surface area contributed by atoms with Gasteiger partial charge < -0.3 is 19.3 Å². The smallest absolute Gasteiger partial charge is 0.306 e. The van der Waals surface area contributed by atoms with Crippen LogP contribution in [-0.4, -0.2) is 50.7 Å². The van der Waals surface area contributed by atoms with E-state index in [0.29, 0.717) is 45.3 Å². The number of aromatic nitrogens is 2. The monoisotopic (exact) mass is 487 g/mol. The number of hydrogen-bond acceptors (Lipinski definition) is 5. The summed E-state index contributed by atoms with van der Waals surface area (Å²) in [4.78, 5) is 31.8. The molecule has 9 heteroatoms. The lowest BCUT2D eigenvalue weighted by molar-refractivity contribution is -0.146. The number of carbonyl (C=O) groups excluding carboxylic acids is 1. The first-order chi connectivity index (χ1) is 16.0. The van der Waals surface area contributed by atoms with Crippen LogP contribution in [0.15, 0.2) is 30.5 Å². The highest BCUT2D eigenvalue weighted by Crippen LogP contribution is 2.32. The summed E-state index contributed by atoms with van der Waals surface area (Å²) in [7, 11) is 0. The van der Waals surface area contributed by atoms with Crippen LogP contribution in [0.25, 0.3) is 11.0 Å². The Morgan fingerprint density at radius 1 is 1.21 bits per heavy atom. The summed E-state index contributed by atoms with van der Waals surface area (Å²) in [6, 6.07) is 8.00. The van der Waals surface area contributed by atoms with Crippen LogP contribution in [0.4, 0.5) is 0 Å². The topological polar surface area (TPSA) is 84.7 Å². The highest BCUT2D eigenvalue weighted by Gasteiger charge is 2.30. The number of carboxylic acids is 1. The minimum Gasteiger partial charge on any atom is -0.481 e. The first-order valence-electron chi connectivity index (χ1n) is 11.3. The first kappa shape index (κ1) is 22.4. The largest absolute Gasteiger partial charge is 0.481 e. The lowest BCUT2D eigenvalue weighted by Gasteiger charge is -2.30. The van der Waals surface area contributed by atoms with Gasteiger partial charge in [0.15, 0.2) is 0 Å². The maximum atomic E-state index is 13.0. The molecular weight excluding hydrogens is 462 g/mol. The Labute approximate surface area is 200 Å². The fourth-order valence-corrected chi connectivity index (χ4v) is 6.07. The minimum atomic E-state index is -0.733. The van der Waals surface area contributed by atoms with Crippen LogP contribution in [0.2, 0.25) is 4.34 Å². The van der Waals surface area contributed by atoms with E-state index in [1.807, 2.05) is 29.3 Å². The molecule has 0 atom stereocenters. The summed E-state index contributed by atoms with van der Waals surface area (Å²) in [5, 5.41) is 10.3. The molecule has 7 nitrogen and oxygen atoms in total. The van der Waals surface area contributed by atoms with E-state index in [9.17, 15) is 9.59 Å². The predicted molar refractivity (Wildman–Crippen MR) is 127 cm³/mol. The van der Waals surface area contributed by atoms with E-state index in [4.69, 9.17) is 21.4 Å². The maximum absolute atomic E-state index is 13.0. The molecule has 0 radical (unpaired) electrons. The average molecular weight is 488 g/mol. The number of carbonyl (C=O) groups is 2. The third-order valence-electron chi connectivity index (χ3n) is 6.78. The standard InChI is InChI=1S/C24H26ClN3O4S/c25-21-8-7-17(33-21)12-28-20-13-27(11-9-18(20)19-2-1-10-26-23(19)28)22(29)14-32-16-5-3-15(4-6-16)24(30)31/h1-2,7-8,10,15-16H,3-6,9,11-14H2,(H,30,31). The van der Waals surface area contributed by atoms with Gasteiger partial charge in [0, 0.05) is 28.7 Å². The molecule has 3 aromatic heterocycles. The van der Waals surface area contributed by atoms with Gasteiger partial charge in [-0.25, -0.2) is 4.98 Å². The van der Waals surface area contributed by atoms with Gasteiger partial charge in [-0.2, -0.15) is 0 Å². The molecule has 174 valence electrons. The van der Waals surface area contributed by atoms with E-state index in [-0.39, 0.29) is 24.5 Å².